The lowest BCUT2D eigenvalue weighted by Gasteiger charge is -2.32. The van der Waals surface area contributed by atoms with Gasteiger partial charge in [-0.05, 0) is 63.5 Å². The molecule has 0 atom stereocenters. The molecule has 23 heavy (non-hydrogen) atoms. The zero-order valence-corrected chi connectivity index (χ0v) is 15.0. The van der Waals surface area contributed by atoms with Crippen LogP contribution in [0.15, 0.2) is 18.2 Å². The van der Waals surface area contributed by atoms with Crippen LogP contribution in [-0.2, 0) is 9.31 Å². The van der Waals surface area contributed by atoms with Crippen molar-refractivity contribution in [3.8, 4) is 0 Å². The first-order chi connectivity index (χ1) is 10.6. The SMILES string of the molecule is CN(C)C(=O)c1ccc(B2OC(C)(C)C(C)(C)O2)cc1C1CC1. The Bertz CT molecular complexity index is 619. The average Bonchev–Trinajstić information content (AvgIpc) is 3.25. The van der Waals surface area contributed by atoms with E-state index in [1.54, 1.807) is 19.0 Å². The van der Waals surface area contributed by atoms with Crippen LogP contribution in [-0.4, -0.2) is 43.2 Å². The Morgan fingerprint density at radius 3 is 2.17 bits per heavy atom. The minimum atomic E-state index is -0.374. The summed E-state index contributed by atoms with van der Waals surface area (Å²) in [6.07, 6.45) is 2.31. The molecule has 0 N–H and O–H groups in total. The Morgan fingerprint density at radius 1 is 1.13 bits per heavy atom. The minimum absolute atomic E-state index is 0.0624. The van der Waals surface area contributed by atoms with Gasteiger partial charge in [0.05, 0.1) is 11.2 Å². The van der Waals surface area contributed by atoms with Crippen LogP contribution in [0.5, 0.6) is 0 Å². The molecule has 1 aliphatic carbocycles. The second-order valence-electron chi connectivity index (χ2n) is 7.91. The summed E-state index contributed by atoms with van der Waals surface area (Å²) in [7, 11) is 3.21. The third-order valence-corrected chi connectivity index (χ3v) is 5.25. The van der Waals surface area contributed by atoms with E-state index in [4.69, 9.17) is 9.31 Å². The van der Waals surface area contributed by atoms with Crippen molar-refractivity contribution < 1.29 is 14.1 Å². The summed E-state index contributed by atoms with van der Waals surface area (Å²) < 4.78 is 12.3. The number of amides is 1. The maximum atomic E-state index is 12.4. The fourth-order valence-corrected chi connectivity index (χ4v) is 2.87. The van der Waals surface area contributed by atoms with Crippen LogP contribution in [0.3, 0.4) is 0 Å². The molecule has 5 heteroatoms. The summed E-state index contributed by atoms with van der Waals surface area (Å²) in [5, 5.41) is 0. The lowest BCUT2D eigenvalue weighted by molar-refractivity contribution is 0.00578. The van der Waals surface area contributed by atoms with Crippen LogP contribution in [0.4, 0.5) is 0 Å². The molecular formula is C18H26BNO3. The summed E-state index contributed by atoms with van der Waals surface area (Å²) in [5.74, 6) is 0.559. The average molecular weight is 315 g/mol. The molecule has 2 aliphatic rings. The van der Waals surface area contributed by atoms with Crippen molar-refractivity contribution in [2.45, 2.75) is 57.7 Å². The second kappa shape index (κ2) is 5.35. The molecule has 3 rings (SSSR count). The van der Waals surface area contributed by atoms with Crippen molar-refractivity contribution in [1.29, 1.82) is 0 Å². The van der Waals surface area contributed by atoms with E-state index < -0.39 is 0 Å². The Kier molecular flexibility index (Phi) is 3.85. The van der Waals surface area contributed by atoms with Crippen molar-refractivity contribution in [2.75, 3.05) is 14.1 Å². The van der Waals surface area contributed by atoms with E-state index in [1.165, 1.54) is 0 Å². The highest BCUT2D eigenvalue weighted by atomic mass is 16.7. The Hall–Kier alpha value is -1.33. The highest BCUT2D eigenvalue weighted by Crippen LogP contribution is 2.42. The van der Waals surface area contributed by atoms with Gasteiger partial charge in [-0.3, -0.25) is 4.79 Å². The molecule has 0 radical (unpaired) electrons. The van der Waals surface area contributed by atoms with E-state index in [0.717, 1.165) is 29.4 Å². The van der Waals surface area contributed by atoms with Crippen molar-refractivity contribution in [2.24, 2.45) is 0 Å². The van der Waals surface area contributed by atoms with Crippen LogP contribution in [0.2, 0.25) is 0 Å². The number of hydrogen-bond donors (Lipinski definition) is 0. The van der Waals surface area contributed by atoms with E-state index in [2.05, 4.69) is 33.8 Å². The van der Waals surface area contributed by atoms with Gasteiger partial charge in [0.15, 0.2) is 0 Å². The van der Waals surface area contributed by atoms with Gasteiger partial charge in [-0.2, -0.15) is 0 Å². The molecule has 2 fully saturated rings. The van der Waals surface area contributed by atoms with Gasteiger partial charge in [0, 0.05) is 19.7 Å². The first-order valence-corrected chi connectivity index (χ1v) is 8.33. The van der Waals surface area contributed by atoms with Crippen molar-refractivity contribution in [3.63, 3.8) is 0 Å². The van der Waals surface area contributed by atoms with E-state index in [0.29, 0.717) is 5.92 Å². The molecule has 1 amide bonds. The molecule has 1 aliphatic heterocycles. The van der Waals surface area contributed by atoms with Crippen molar-refractivity contribution in [3.05, 3.63) is 29.3 Å². The second-order valence-corrected chi connectivity index (χ2v) is 7.91. The highest BCUT2D eigenvalue weighted by Gasteiger charge is 2.51. The quantitative estimate of drug-likeness (QED) is 0.805. The number of rotatable bonds is 3. The predicted molar refractivity (Wildman–Crippen MR) is 92.2 cm³/mol. The van der Waals surface area contributed by atoms with Crippen LogP contribution in [0, 0.1) is 0 Å². The molecule has 1 aromatic rings. The molecule has 124 valence electrons. The van der Waals surface area contributed by atoms with E-state index >= 15 is 0 Å². The summed E-state index contributed by atoms with van der Waals surface area (Å²) in [4.78, 5) is 14.0. The monoisotopic (exact) mass is 315 g/mol. The lowest BCUT2D eigenvalue weighted by Crippen LogP contribution is -2.41. The Balaban J connectivity index is 1.94. The van der Waals surface area contributed by atoms with Crippen molar-refractivity contribution in [1.82, 2.24) is 4.90 Å². The standard InChI is InChI=1S/C18H26BNO3/c1-17(2)18(3,4)23-19(22-17)13-9-10-14(16(21)20(5)6)15(11-13)12-7-8-12/h9-12H,7-8H2,1-6H3. The van der Waals surface area contributed by atoms with Gasteiger partial charge in [-0.25, -0.2) is 0 Å². The third-order valence-electron chi connectivity index (χ3n) is 5.25. The van der Waals surface area contributed by atoms with Crippen LogP contribution < -0.4 is 5.46 Å². The molecule has 1 aromatic carbocycles. The predicted octanol–water partition coefficient (Wildman–Crippen LogP) is 2.57. The normalized spacial score (nSPS) is 22.3. The largest absolute Gasteiger partial charge is 0.494 e. The topological polar surface area (TPSA) is 38.8 Å². The first kappa shape index (κ1) is 16.5. The van der Waals surface area contributed by atoms with E-state index in [1.807, 2.05) is 12.1 Å². The highest BCUT2D eigenvalue weighted by molar-refractivity contribution is 6.62. The summed E-state index contributed by atoms with van der Waals surface area (Å²) in [6.45, 7) is 8.22. The van der Waals surface area contributed by atoms with Crippen LogP contribution in [0.1, 0.15) is 62.4 Å². The summed E-state index contributed by atoms with van der Waals surface area (Å²) in [5.41, 5.74) is 2.24. The number of hydrogen-bond acceptors (Lipinski definition) is 3. The van der Waals surface area contributed by atoms with Gasteiger partial charge in [0.1, 0.15) is 0 Å². The van der Waals surface area contributed by atoms with Gasteiger partial charge in [0.2, 0.25) is 0 Å². The first-order valence-electron chi connectivity index (χ1n) is 8.33. The van der Waals surface area contributed by atoms with Gasteiger partial charge in [0.25, 0.3) is 5.91 Å². The van der Waals surface area contributed by atoms with E-state index in [9.17, 15) is 4.79 Å². The molecule has 0 spiro atoms. The van der Waals surface area contributed by atoms with Gasteiger partial charge < -0.3 is 14.2 Å². The molecule has 0 aromatic heterocycles. The van der Waals surface area contributed by atoms with Crippen LogP contribution in [0.25, 0.3) is 0 Å². The zero-order valence-electron chi connectivity index (χ0n) is 15.0. The number of nitrogens with zero attached hydrogens (tertiary/aromatic N) is 1. The van der Waals surface area contributed by atoms with Crippen LogP contribution >= 0.6 is 0 Å². The van der Waals surface area contributed by atoms with Gasteiger partial charge in [-0.1, -0.05) is 12.1 Å². The molecule has 0 unspecified atom stereocenters. The molecule has 1 saturated heterocycles. The smallest absolute Gasteiger partial charge is 0.399 e. The maximum absolute atomic E-state index is 12.4. The maximum Gasteiger partial charge on any atom is 0.494 e. The summed E-state index contributed by atoms with van der Waals surface area (Å²) >= 11 is 0. The van der Waals surface area contributed by atoms with Gasteiger partial charge >= 0.3 is 7.12 Å². The Morgan fingerprint density at radius 2 is 1.70 bits per heavy atom. The fraction of sp³-hybridized carbons (Fsp3) is 0.611. The molecule has 4 nitrogen and oxygen atoms in total. The van der Waals surface area contributed by atoms with E-state index in [-0.39, 0.29) is 24.2 Å². The summed E-state index contributed by atoms with van der Waals surface area (Å²) in [6, 6.07) is 6.00. The Labute approximate surface area is 139 Å². The molecular weight excluding hydrogens is 289 g/mol. The zero-order chi connectivity index (χ0) is 17.0. The number of carbonyl (C=O) groups is 1. The minimum Gasteiger partial charge on any atom is -0.399 e. The number of benzene rings is 1. The molecule has 1 heterocycles. The fourth-order valence-electron chi connectivity index (χ4n) is 2.87. The van der Waals surface area contributed by atoms with Crippen molar-refractivity contribution >= 4 is 18.5 Å². The lowest BCUT2D eigenvalue weighted by atomic mass is 9.77. The third kappa shape index (κ3) is 2.92. The molecule has 0 bridgehead atoms. The van der Waals surface area contributed by atoms with Gasteiger partial charge in [-0.15, -0.1) is 0 Å². The molecule has 1 saturated carbocycles. The number of carbonyl (C=O) groups excluding carboxylic acids is 1.